The van der Waals surface area contributed by atoms with E-state index in [4.69, 9.17) is 22.6 Å². The molecule has 0 fully saturated rings. The van der Waals surface area contributed by atoms with Gasteiger partial charge in [0.1, 0.15) is 0 Å². The first-order valence-electron chi connectivity index (χ1n) is 1.15. The van der Waals surface area contributed by atoms with E-state index < -0.39 is 10.4 Å². The summed E-state index contributed by atoms with van der Waals surface area (Å²) in [6, 6.07) is 0. The molecule has 0 unspecified atom stereocenters. The SMILES string of the molecule is CO.O=S(=O)(O)O.[Hf]. The molecule has 0 aromatic rings. The first-order chi connectivity index (χ1) is 3.00. The van der Waals surface area contributed by atoms with Crippen LogP contribution in [0.1, 0.15) is 0 Å². The molecule has 0 aromatic heterocycles. The molecular weight excluding hydrogens is 303 g/mol. The van der Waals surface area contributed by atoms with Crippen molar-refractivity contribution in [2.45, 2.75) is 0 Å². The minimum atomic E-state index is -4.67. The normalized spacial score (nSPS) is 8.00. The molecule has 8 heavy (non-hydrogen) atoms. The number of rotatable bonds is 0. The molecule has 0 saturated heterocycles. The number of aliphatic hydroxyl groups is 1. The van der Waals surface area contributed by atoms with Gasteiger partial charge in [-0.2, -0.15) is 8.42 Å². The van der Waals surface area contributed by atoms with Gasteiger partial charge in [0, 0.05) is 33.0 Å². The maximum absolute atomic E-state index is 8.74. The molecular formula is CH6HfO5S. The van der Waals surface area contributed by atoms with Gasteiger partial charge in [-0.1, -0.05) is 0 Å². The van der Waals surface area contributed by atoms with Gasteiger partial charge in [-0.25, -0.2) is 0 Å². The standard InChI is InChI=1S/CH4O.Hf.H2O4S/c1-2;;1-5(2,3)4/h2H,1H3;;(H2,1,2,3,4). The van der Waals surface area contributed by atoms with Crippen LogP contribution in [-0.2, 0) is 36.2 Å². The Morgan fingerprint density at radius 1 is 1.12 bits per heavy atom. The van der Waals surface area contributed by atoms with Crippen LogP contribution >= 0.6 is 0 Å². The third-order valence-corrected chi connectivity index (χ3v) is 0. The van der Waals surface area contributed by atoms with Gasteiger partial charge < -0.3 is 5.11 Å². The van der Waals surface area contributed by atoms with Crippen molar-refractivity contribution in [1.29, 1.82) is 0 Å². The van der Waals surface area contributed by atoms with E-state index in [9.17, 15) is 0 Å². The quantitative estimate of drug-likeness (QED) is 0.392. The molecule has 50 valence electrons. The molecule has 0 heterocycles. The zero-order chi connectivity index (χ0) is 6.50. The zero-order valence-electron chi connectivity index (χ0n) is 4.07. The number of hydrogen-bond donors (Lipinski definition) is 3. The summed E-state index contributed by atoms with van der Waals surface area (Å²) in [5, 5.41) is 7.00. The van der Waals surface area contributed by atoms with Crippen LogP contribution in [0.15, 0.2) is 0 Å². The fraction of sp³-hybridized carbons (Fsp3) is 1.00. The second-order valence-electron chi connectivity index (χ2n) is 0.448. The molecule has 7 heteroatoms. The van der Waals surface area contributed by atoms with Crippen LogP contribution < -0.4 is 0 Å². The zero-order valence-corrected chi connectivity index (χ0v) is 8.48. The van der Waals surface area contributed by atoms with E-state index in [1.807, 2.05) is 0 Å². The Labute approximate surface area is 66.1 Å². The molecule has 0 aliphatic carbocycles. The Bertz CT molecular complexity index is 95.6. The van der Waals surface area contributed by atoms with E-state index in [1.165, 1.54) is 0 Å². The molecule has 0 amide bonds. The first kappa shape index (κ1) is 15.9. The van der Waals surface area contributed by atoms with Crippen LogP contribution in [0.5, 0.6) is 0 Å². The Morgan fingerprint density at radius 2 is 1.12 bits per heavy atom. The maximum Gasteiger partial charge on any atom is 0.394 e. The smallest absolute Gasteiger partial charge is 0.394 e. The third-order valence-electron chi connectivity index (χ3n) is 0. The molecule has 0 spiro atoms. The number of aliphatic hydroxyl groups excluding tert-OH is 1. The molecule has 0 saturated carbocycles. The minimum absolute atomic E-state index is 0. The van der Waals surface area contributed by atoms with Gasteiger partial charge in [-0.05, 0) is 0 Å². The van der Waals surface area contributed by atoms with Crippen LogP contribution in [0.2, 0.25) is 0 Å². The van der Waals surface area contributed by atoms with Crippen molar-refractivity contribution in [3.05, 3.63) is 0 Å². The van der Waals surface area contributed by atoms with Crippen molar-refractivity contribution in [2.75, 3.05) is 7.11 Å². The summed E-state index contributed by atoms with van der Waals surface area (Å²) in [6.07, 6.45) is 0. The number of hydrogen-bond acceptors (Lipinski definition) is 3. The van der Waals surface area contributed by atoms with Gasteiger partial charge in [0.2, 0.25) is 0 Å². The Balaban J connectivity index is -0.0000000750. The summed E-state index contributed by atoms with van der Waals surface area (Å²) in [6.45, 7) is 0. The van der Waals surface area contributed by atoms with Crippen LogP contribution in [-0.4, -0.2) is 29.7 Å². The van der Waals surface area contributed by atoms with E-state index in [2.05, 4.69) is 0 Å². The Morgan fingerprint density at radius 3 is 1.12 bits per heavy atom. The Kier molecular flexibility index (Phi) is 15.3. The third kappa shape index (κ3) is 444. The minimum Gasteiger partial charge on any atom is -0.400 e. The van der Waals surface area contributed by atoms with E-state index in [0.717, 1.165) is 7.11 Å². The topological polar surface area (TPSA) is 94.8 Å². The largest absolute Gasteiger partial charge is 0.400 e. The van der Waals surface area contributed by atoms with Gasteiger partial charge >= 0.3 is 10.4 Å². The molecule has 0 bridgehead atoms. The molecule has 0 aromatic carbocycles. The van der Waals surface area contributed by atoms with Gasteiger partial charge in [0.15, 0.2) is 0 Å². The van der Waals surface area contributed by atoms with Crippen molar-refractivity contribution >= 4 is 10.4 Å². The van der Waals surface area contributed by atoms with Crippen LogP contribution in [0.25, 0.3) is 0 Å². The summed E-state index contributed by atoms with van der Waals surface area (Å²) >= 11 is 0. The fourth-order valence-corrected chi connectivity index (χ4v) is 0. The molecule has 5 nitrogen and oxygen atoms in total. The van der Waals surface area contributed by atoms with E-state index >= 15 is 0 Å². The molecule has 0 atom stereocenters. The molecule has 3 N–H and O–H groups in total. The second kappa shape index (κ2) is 7.70. The van der Waals surface area contributed by atoms with Gasteiger partial charge in [-0.15, -0.1) is 0 Å². The predicted molar refractivity (Wildman–Crippen MR) is 22.3 cm³/mol. The summed E-state index contributed by atoms with van der Waals surface area (Å²) in [5.41, 5.74) is 0. The average Bonchev–Trinajstić information content (AvgIpc) is 1.36. The van der Waals surface area contributed by atoms with Crippen molar-refractivity contribution in [3.8, 4) is 0 Å². The van der Waals surface area contributed by atoms with Crippen molar-refractivity contribution in [1.82, 2.24) is 0 Å². The fourth-order valence-electron chi connectivity index (χ4n) is 0. The van der Waals surface area contributed by atoms with E-state index in [0.29, 0.717) is 0 Å². The van der Waals surface area contributed by atoms with Gasteiger partial charge in [0.25, 0.3) is 0 Å². The molecule has 0 aliphatic rings. The molecule has 0 rings (SSSR count). The van der Waals surface area contributed by atoms with Crippen molar-refractivity contribution in [3.63, 3.8) is 0 Å². The summed E-state index contributed by atoms with van der Waals surface area (Å²) in [5.74, 6) is 0. The maximum atomic E-state index is 8.74. The van der Waals surface area contributed by atoms with Crippen molar-refractivity contribution < 1.29 is 48.5 Å². The van der Waals surface area contributed by atoms with Gasteiger partial charge in [0.05, 0.1) is 0 Å². The average molecular weight is 309 g/mol. The summed E-state index contributed by atoms with van der Waals surface area (Å²) < 4.78 is 31.6. The Hall–Kier alpha value is 0.700. The second-order valence-corrected chi connectivity index (χ2v) is 1.34. The molecule has 0 aliphatic heterocycles. The van der Waals surface area contributed by atoms with Crippen LogP contribution in [0.4, 0.5) is 0 Å². The van der Waals surface area contributed by atoms with Crippen molar-refractivity contribution in [2.24, 2.45) is 0 Å². The predicted octanol–water partition coefficient (Wildman–Crippen LogP) is -1.05. The summed E-state index contributed by atoms with van der Waals surface area (Å²) in [7, 11) is -3.67. The van der Waals surface area contributed by atoms with Crippen LogP contribution in [0.3, 0.4) is 0 Å². The van der Waals surface area contributed by atoms with E-state index in [1.54, 1.807) is 0 Å². The van der Waals surface area contributed by atoms with E-state index in [-0.39, 0.29) is 25.8 Å². The van der Waals surface area contributed by atoms with Gasteiger partial charge in [-0.3, -0.25) is 9.11 Å². The monoisotopic (exact) mass is 310 g/mol. The first-order valence-corrected chi connectivity index (χ1v) is 2.54. The molecule has 0 radical (unpaired) electrons. The summed E-state index contributed by atoms with van der Waals surface area (Å²) in [4.78, 5) is 0. The van der Waals surface area contributed by atoms with Crippen LogP contribution in [0, 0.1) is 0 Å².